The highest BCUT2D eigenvalue weighted by molar-refractivity contribution is 8.14. The monoisotopic (exact) mass is 340 g/mol. The Labute approximate surface area is 125 Å². The maximum atomic E-state index is 13.8. The Kier molecular flexibility index (Phi) is 5.26. The van der Waals surface area contributed by atoms with Gasteiger partial charge in [-0.3, -0.25) is 9.20 Å². The number of halogens is 4. The van der Waals surface area contributed by atoms with Gasteiger partial charge in [-0.05, 0) is 24.6 Å². The van der Waals surface area contributed by atoms with Gasteiger partial charge in [-0.25, -0.2) is 17.6 Å². The molecule has 1 aromatic rings. The smallest absolute Gasteiger partial charge is 0.281 e. The highest BCUT2D eigenvalue weighted by Gasteiger charge is 2.29. The van der Waals surface area contributed by atoms with Gasteiger partial charge in [0.25, 0.3) is 6.43 Å². The van der Waals surface area contributed by atoms with Crippen molar-refractivity contribution < 1.29 is 21.8 Å². The summed E-state index contributed by atoms with van der Waals surface area (Å²) in [5, 5.41) is 3.18. The number of aryl methyl sites for hydroxylation is 1. The molecule has 0 aliphatic carbocycles. The van der Waals surface area contributed by atoms with Gasteiger partial charge in [0.15, 0.2) is 5.17 Å². The number of hydrogen-bond donors (Lipinski definition) is 1. The van der Waals surface area contributed by atoms with Crippen LogP contribution in [0.1, 0.15) is 5.56 Å². The van der Waals surface area contributed by atoms with Crippen molar-refractivity contribution in [1.29, 1.82) is 0 Å². The number of aliphatic imine (C=N–C) groups is 1. The molecule has 2 unspecified atom stereocenters. The number of alkyl halides is 3. The van der Waals surface area contributed by atoms with Crippen molar-refractivity contribution in [3.8, 4) is 0 Å². The third-order valence-corrected chi connectivity index (χ3v) is 5.09. The summed E-state index contributed by atoms with van der Waals surface area (Å²) in [6.45, 7) is 1.98. The first kappa shape index (κ1) is 16.3. The molecule has 9 heteroatoms. The molecule has 2 rings (SSSR count). The molecule has 21 heavy (non-hydrogen) atoms. The molecular weight excluding hydrogens is 328 g/mol. The van der Waals surface area contributed by atoms with Crippen LogP contribution in [-0.2, 0) is 10.8 Å². The van der Waals surface area contributed by atoms with Gasteiger partial charge in [-0.2, -0.15) is 0 Å². The lowest BCUT2D eigenvalue weighted by Gasteiger charge is -2.13. The van der Waals surface area contributed by atoms with E-state index in [4.69, 9.17) is 0 Å². The van der Waals surface area contributed by atoms with Crippen LogP contribution >= 0.6 is 11.8 Å². The molecule has 0 saturated carbocycles. The van der Waals surface area contributed by atoms with Crippen LogP contribution < -0.4 is 5.32 Å². The van der Waals surface area contributed by atoms with E-state index in [-0.39, 0.29) is 16.1 Å². The van der Waals surface area contributed by atoms with E-state index in [1.54, 1.807) is 0 Å². The maximum Gasteiger partial charge on any atom is 0.281 e. The standard InChI is InChI=1S/C12H12F4N2OS2/c1-6-4-7(13)8(18-12-17-2-3-20-12)5-9(6)21(19)11(16)10(14)15/h4-5,10-11H,2-3H2,1H3,(H,17,18). The van der Waals surface area contributed by atoms with Crippen LogP contribution in [-0.4, -0.2) is 33.6 Å². The Morgan fingerprint density at radius 2 is 2.10 bits per heavy atom. The van der Waals surface area contributed by atoms with E-state index < -0.39 is 28.5 Å². The van der Waals surface area contributed by atoms with Gasteiger partial charge >= 0.3 is 0 Å². The summed E-state index contributed by atoms with van der Waals surface area (Å²) in [6, 6.07) is 2.13. The fourth-order valence-corrected chi connectivity index (χ4v) is 3.49. The van der Waals surface area contributed by atoms with Crippen LogP contribution in [0.4, 0.5) is 23.2 Å². The number of nitrogens with zero attached hydrogens (tertiary/aromatic N) is 1. The van der Waals surface area contributed by atoms with Crippen molar-refractivity contribution in [1.82, 2.24) is 0 Å². The molecule has 1 N–H and O–H groups in total. The molecule has 116 valence electrons. The van der Waals surface area contributed by atoms with E-state index in [1.807, 2.05) is 0 Å². The van der Waals surface area contributed by atoms with E-state index in [0.29, 0.717) is 11.7 Å². The SMILES string of the molecule is Cc1cc(F)c(NC2=NCCS2)cc1S(=O)C(F)C(F)F. The van der Waals surface area contributed by atoms with Crippen LogP contribution in [0.3, 0.4) is 0 Å². The minimum atomic E-state index is -3.36. The largest absolute Gasteiger partial charge is 0.333 e. The number of benzene rings is 1. The Morgan fingerprint density at radius 3 is 2.67 bits per heavy atom. The van der Waals surface area contributed by atoms with Crippen LogP contribution in [0, 0.1) is 12.7 Å². The second kappa shape index (κ2) is 6.78. The molecule has 3 nitrogen and oxygen atoms in total. The Hall–Kier alpha value is -1.09. The zero-order valence-corrected chi connectivity index (χ0v) is 12.5. The molecule has 2 atom stereocenters. The van der Waals surface area contributed by atoms with Crippen LogP contribution in [0.2, 0.25) is 0 Å². The molecule has 0 radical (unpaired) electrons. The first-order valence-electron chi connectivity index (χ1n) is 5.97. The summed E-state index contributed by atoms with van der Waals surface area (Å²) in [5.41, 5.74) is -2.71. The number of hydrogen-bond acceptors (Lipinski definition) is 4. The van der Waals surface area contributed by atoms with Gasteiger partial charge in [0, 0.05) is 10.6 Å². The molecule has 1 heterocycles. The number of rotatable bonds is 4. The van der Waals surface area contributed by atoms with Crippen LogP contribution in [0.15, 0.2) is 22.0 Å². The van der Waals surface area contributed by atoms with Crippen molar-refractivity contribution in [3.05, 3.63) is 23.5 Å². The van der Waals surface area contributed by atoms with Crippen molar-refractivity contribution in [3.63, 3.8) is 0 Å². The van der Waals surface area contributed by atoms with Crippen molar-refractivity contribution in [2.24, 2.45) is 4.99 Å². The fourth-order valence-electron chi connectivity index (χ4n) is 1.71. The first-order valence-corrected chi connectivity index (χ1v) is 8.17. The molecule has 0 spiro atoms. The van der Waals surface area contributed by atoms with E-state index in [2.05, 4.69) is 10.3 Å². The molecule has 0 saturated heterocycles. The summed E-state index contributed by atoms with van der Waals surface area (Å²) in [4.78, 5) is 3.91. The van der Waals surface area contributed by atoms with Gasteiger partial charge in [-0.15, -0.1) is 0 Å². The number of amidine groups is 1. The van der Waals surface area contributed by atoms with Crippen LogP contribution in [0.5, 0.6) is 0 Å². The third kappa shape index (κ3) is 3.76. The fraction of sp³-hybridized carbons (Fsp3) is 0.417. The molecule has 0 aromatic heterocycles. The number of thioether (sulfide) groups is 1. The summed E-state index contributed by atoms with van der Waals surface area (Å²) in [7, 11) is -2.56. The van der Waals surface area contributed by atoms with Gasteiger partial charge in [0.05, 0.1) is 23.0 Å². The Bertz CT molecular complexity index is 595. The normalized spacial score (nSPS) is 17.7. The first-order chi connectivity index (χ1) is 9.90. The highest BCUT2D eigenvalue weighted by atomic mass is 32.2. The quantitative estimate of drug-likeness (QED) is 0.855. The second-order valence-electron chi connectivity index (χ2n) is 4.24. The molecule has 1 aliphatic heterocycles. The summed E-state index contributed by atoms with van der Waals surface area (Å²) in [5.74, 6) is 0.114. The topological polar surface area (TPSA) is 41.5 Å². The number of nitrogens with one attached hydrogen (secondary N) is 1. The average Bonchev–Trinajstić information content (AvgIpc) is 2.93. The molecule has 1 aromatic carbocycles. The van der Waals surface area contributed by atoms with E-state index >= 15 is 0 Å². The summed E-state index contributed by atoms with van der Waals surface area (Å²) in [6.07, 6.45) is -3.36. The van der Waals surface area contributed by atoms with Crippen molar-refractivity contribution >= 4 is 33.4 Å². The van der Waals surface area contributed by atoms with E-state index in [1.165, 1.54) is 18.7 Å². The summed E-state index contributed by atoms with van der Waals surface area (Å²) >= 11 is 1.38. The third-order valence-electron chi connectivity index (χ3n) is 2.71. The molecule has 0 amide bonds. The molecule has 0 fully saturated rings. The highest BCUT2D eigenvalue weighted by Crippen LogP contribution is 2.27. The van der Waals surface area contributed by atoms with Crippen molar-refractivity contribution in [2.45, 2.75) is 23.7 Å². The second-order valence-corrected chi connectivity index (χ2v) is 6.81. The minimum Gasteiger partial charge on any atom is -0.333 e. The maximum absolute atomic E-state index is 13.8. The van der Waals surface area contributed by atoms with Crippen LogP contribution in [0.25, 0.3) is 0 Å². The van der Waals surface area contributed by atoms with E-state index in [0.717, 1.165) is 17.9 Å². The minimum absolute atomic E-state index is 0.0569. The molecule has 0 bridgehead atoms. The molecular formula is C12H12F4N2OS2. The average molecular weight is 340 g/mol. The Morgan fingerprint density at radius 1 is 1.38 bits per heavy atom. The zero-order valence-electron chi connectivity index (χ0n) is 10.9. The predicted molar refractivity (Wildman–Crippen MR) is 76.8 cm³/mol. The molecule has 1 aliphatic rings. The van der Waals surface area contributed by atoms with Gasteiger partial charge in [0.1, 0.15) is 5.82 Å². The van der Waals surface area contributed by atoms with Gasteiger partial charge in [-0.1, -0.05) is 11.8 Å². The van der Waals surface area contributed by atoms with Gasteiger partial charge in [0.2, 0.25) is 5.50 Å². The van der Waals surface area contributed by atoms with Gasteiger partial charge < -0.3 is 5.32 Å². The lowest BCUT2D eigenvalue weighted by molar-refractivity contribution is 0.0928. The predicted octanol–water partition coefficient (Wildman–Crippen LogP) is 3.32. The lowest BCUT2D eigenvalue weighted by Crippen LogP contribution is -2.19. The van der Waals surface area contributed by atoms with E-state index in [9.17, 15) is 21.8 Å². The van der Waals surface area contributed by atoms with Crippen molar-refractivity contribution in [2.75, 3.05) is 17.6 Å². The summed E-state index contributed by atoms with van der Waals surface area (Å²) < 4.78 is 63.5. The number of anilines is 1. The Balaban J connectivity index is 2.31. The zero-order chi connectivity index (χ0) is 15.6. The lowest BCUT2D eigenvalue weighted by atomic mass is 10.2.